The van der Waals surface area contributed by atoms with E-state index in [4.69, 9.17) is 5.11 Å². The van der Waals surface area contributed by atoms with Crippen molar-refractivity contribution >= 4 is 0 Å². The molecule has 1 heteroatoms. The first-order valence-electron chi connectivity index (χ1n) is 3.97. The van der Waals surface area contributed by atoms with E-state index in [2.05, 4.69) is 19.1 Å². The number of aliphatic hydroxyl groups is 1. The van der Waals surface area contributed by atoms with E-state index in [-0.39, 0.29) is 6.10 Å². The summed E-state index contributed by atoms with van der Waals surface area (Å²) in [5.41, 5.74) is 0. The fraction of sp³-hybridized carbons (Fsp3) is 0.778. The second kappa shape index (κ2) is 5.48. The summed E-state index contributed by atoms with van der Waals surface area (Å²) in [6, 6.07) is 0. The Balaban J connectivity index is 3.30. The Morgan fingerprint density at radius 2 is 1.90 bits per heavy atom. The van der Waals surface area contributed by atoms with E-state index in [1.165, 1.54) is 0 Å². The van der Waals surface area contributed by atoms with Gasteiger partial charge < -0.3 is 5.11 Å². The van der Waals surface area contributed by atoms with Gasteiger partial charge >= 0.3 is 0 Å². The highest BCUT2D eigenvalue weighted by molar-refractivity contribution is 4.82. The quantitative estimate of drug-likeness (QED) is 0.597. The first-order chi connectivity index (χ1) is 4.66. The summed E-state index contributed by atoms with van der Waals surface area (Å²) in [4.78, 5) is 0. The standard InChI is InChI=1S/C9H18O/c1-4-5-8(2)6-7-9(3)10/h4-5,8-10H,6-7H2,1-3H3/b5-4+. The molecule has 10 heavy (non-hydrogen) atoms. The molecule has 0 aromatic carbocycles. The zero-order valence-electron chi connectivity index (χ0n) is 7.17. The second-order valence-electron chi connectivity index (χ2n) is 2.93. The van der Waals surface area contributed by atoms with Crippen LogP contribution in [0.4, 0.5) is 0 Å². The van der Waals surface area contributed by atoms with Gasteiger partial charge in [0.15, 0.2) is 0 Å². The van der Waals surface area contributed by atoms with Gasteiger partial charge in [-0.15, -0.1) is 0 Å². The molecule has 0 aromatic heterocycles. The molecule has 0 amide bonds. The highest BCUT2D eigenvalue weighted by atomic mass is 16.3. The van der Waals surface area contributed by atoms with E-state index in [0.29, 0.717) is 5.92 Å². The van der Waals surface area contributed by atoms with Crippen molar-refractivity contribution in [1.29, 1.82) is 0 Å². The summed E-state index contributed by atoms with van der Waals surface area (Å²) in [5, 5.41) is 8.95. The maximum Gasteiger partial charge on any atom is 0.0512 e. The predicted molar refractivity (Wildman–Crippen MR) is 44.9 cm³/mol. The van der Waals surface area contributed by atoms with Crippen molar-refractivity contribution in [3.05, 3.63) is 12.2 Å². The van der Waals surface area contributed by atoms with Gasteiger partial charge in [0.05, 0.1) is 6.10 Å². The van der Waals surface area contributed by atoms with E-state index in [1.54, 1.807) is 0 Å². The Kier molecular flexibility index (Phi) is 5.32. The van der Waals surface area contributed by atoms with Crippen LogP contribution < -0.4 is 0 Å². The SMILES string of the molecule is C/C=C/C(C)CCC(C)O. The normalized spacial score (nSPS) is 17.6. The van der Waals surface area contributed by atoms with Crippen molar-refractivity contribution in [2.24, 2.45) is 5.92 Å². The van der Waals surface area contributed by atoms with Gasteiger partial charge in [0.2, 0.25) is 0 Å². The lowest BCUT2D eigenvalue weighted by Gasteiger charge is -2.06. The molecule has 0 aromatic rings. The number of hydrogen-bond acceptors (Lipinski definition) is 1. The summed E-state index contributed by atoms with van der Waals surface area (Å²) in [7, 11) is 0. The lowest BCUT2D eigenvalue weighted by atomic mass is 10.0. The van der Waals surface area contributed by atoms with Gasteiger partial charge in [-0.1, -0.05) is 19.1 Å². The lowest BCUT2D eigenvalue weighted by molar-refractivity contribution is 0.177. The molecule has 0 saturated heterocycles. The van der Waals surface area contributed by atoms with Crippen LogP contribution in [0.2, 0.25) is 0 Å². The van der Waals surface area contributed by atoms with Gasteiger partial charge in [-0.05, 0) is 32.6 Å². The van der Waals surface area contributed by atoms with Gasteiger partial charge in [0.1, 0.15) is 0 Å². The lowest BCUT2D eigenvalue weighted by Crippen LogP contribution is -2.01. The average Bonchev–Trinajstić information content (AvgIpc) is 1.85. The topological polar surface area (TPSA) is 20.2 Å². The van der Waals surface area contributed by atoms with Crippen molar-refractivity contribution in [3.8, 4) is 0 Å². The maximum atomic E-state index is 8.95. The third-order valence-corrected chi connectivity index (χ3v) is 1.56. The molecule has 1 N–H and O–H groups in total. The van der Waals surface area contributed by atoms with E-state index >= 15 is 0 Å². The number of aliphatic hydroxyl groups excluding tert-OH is 1. The summed E-state index contributed by atoms with van der Waals surface area (Å²) in [6.45, 7) is 6.03. The van der Waals surface area contributed by atoms with E-state index < -0.39 is 0 Å². The second-order valence-corrected chi connectivity index (χ2v) is 2.93. The van der Waals surface area contributed by atoms with Crippen LogP contribution in [0.5, 0.6) is 0 Å². The fourth-order valence-corrected chi connectivity index (χ4v) is 0.929. The van der Waals surface area contributed by atoms with Gasteiger partial charge in [-0.3, -0.25) is 0 Å². The van der Waals surface area contributed by atoms with Crippen LogP contribution in [0.1, 0.15) is 33.6 Å². The minimum atomic E-state index is -0.146. The van der Waals surface area contributed by atoms with Crippen LogP contribution in [-0.2, 0) is 0 Å². The van der Waals surface area contributed by atoms with Crippen LogP contribution in [0, 0.1) is 5.92 Å². The Hall–Kier alpha value is -0.300. The molecule has 0 spiro atoms. The molecule has 2 atom stereocenters. The molecule has 0 saturated carbocycles. The van der Waals surface area contributed by atoms with Crippen molar-refractivity contribution in [2.75, 3.05) is 0 Å². The first-order valence-corrected chi connectivity index (χ1v) is 3.97. The minimum absolute atomic E-state index is 0.146. The molecule has 0 rings (SSSR count). The van der Waals surface area contributed by atoms with Gasteiger partial charge in [-0.2, -0.15) is 0 Å². The Morgan fingerprint density at radius 3 is 2.30 bits per heavy atom. The number of rotatable bonds is 4. The monoisotopic (exact) mass is 142 g/mol. The van der Waals surface area contributed by atoms with Gasteiger partial charge in [0.25, 0.3) is 0 Å². The Morgan fingerprint density at radius 1 is 1.30 bits per heavy atom. The number of allylic oxidation sites excluding steroid dienone is 2. The van der Waals surface area contributed by atoms with Crippen molar-refractivity contribution < 1.29 is 5.11 Å². The molecule has 0 aliphatic carbocycles. The van der Waals surface area contributed by atoms with Crippen LogP contribution in [0.25, 0.3) is 0 Å². The van der Waals surface area contributed by atoms with Crippen LogP contribution >= 0.6 is 0 Å². The molecule has 0 fully saturated rings. The van der Waals surface area contributed by atoms with Crippen molar-refractivity contribution in [2.45, 2.75) is 39.7 Å². The minimum Gasteiger partial charge on any atom is -0.393 e. The predicted octanol–water partition coefficient (Wildman–Crippen LogP) is 2.36. The highest BCUT2D eigenvalue weighted by Gasteiger charge is 1.99. The molecule has 0 radical (unpaired) electrons. The van der Waals surface area contributed by atoms with Crippen LogP contribution in [-0.4, -0.2) is 11.2 Å². The zero-order valence-corrected chi connectivity index (χ0v) is 7.17. The molecular weight excluding hydrogens is 124 g/mol. The third kappa shape index (κ3) is 5.83. The average molecular weight is 142 g/mol. The van der Waals surface area contributed by atoms with E-state index in [9.17, 15) is 0 Å². The molecule has 0 bridgehead atoms. The van der Waals surface area contributed by atoms with Crippen LogP contribution in [0.15, 0.2) is 12.2 Å². The summed E-state index contributed by atoms with van der Waals surface area (Å²) in [6.07, 6.45) is 6.08. The number of hydrogen-bond donors (Lipinski definition) is 1. The van der Waals surface area contributed by atoms with Crippen molar-refractivity contribution in [1.82, 2.24) is 0 Å². The third-order valence-electron chi connectivity index (χ3n) is 1.56. The molecule has 0 aliphatic rings. The largest absolute Gasteiger partial charge is 0.393 e. The van der Waals surface area contributed by atoms with E-state index in [1.807, 2.05) is 13.8 Å². The zero-order chi connectivity index (χ0) is 7.98. The molecular formula is C9H18O. The first kappa shape index (κ1) is 9.70. The summed E-state index contributed by atoms with van der Waals surface area (Å²) >= 11 is 0. The van der Waals surface area contributed by atoms with Gasteiger partial charge in [0, 0.05) is 0 Å². The fourth-order valence-electron chi connectivity index (χ4n) is 0.929. The highest BCUT2D eigenvalue weighted by Crippen LogP contribution is 2.08. The molecule has 1 nitrogen and oxygen atoms in total. The smallest absolute Gasteiger partial charge is 0.0512 e. The Bertz CT molecular complexity index is 94.9. The van der Waals surface area contributed by atoms with Crippen molar-refractivity contribution in [3.63, 3.8) is 0 Å². The molecule has 0 heterocycles. The summed E-state index contributed by atoms with van der Waals surface area (Å²) < 4.78 is 0. The van der Waals surface area contributed by atoms with E-state index in [0.717, 1.165) is 12.8 Å². The summed E-state index contributed by atoms with van der Waals surface area (Å²) in [5.74, 6) is 0.611. The molecule has 2 unspecified atom stereocenters. The molecule has 60 valence electrons. The maximum absolute atomic E-state index is 8.95. The molecule has 0 aliphatic heterocycles. The van der Waals surface area contributed by atoms with Crippen LogP contribution in [0.3, 0.4) is 0 Å². The Labute approximate surface area is 63.8 Å². The van der Waals surface area contributed by atoms with Gasteiger partial charge in [-0.25, -0.2) is 0 Å².